The first kappa shape index (κ1) is 20.7. The molecule has 1 saturated heterocycles. The fraction of sp³-hybridized carbons (Fsp3) is 0.286. The fourth-order valence-electron chi connectivity index (χ4n) is 3.07. The number of hydrogen-bond acceptors (Lipinski definition) is 4. The van der Waals surface area contributed by atoms with Crippen molar-refractivity contribution in [3.8, 4) is 5.75 Å². The van der Waals surface area contributed by atoms with Crippen molar-refractivity contribution >= 4 is 35.0 Å². The first-order valence-corrected chi connectivity index (χ1v) is 9.57. The molecular weight excluding hydrogens is 394 g/mol. The minimum absolute atomic E-state index is 0.0181. The van der Waals surface area contributed by atoms with Crippen molar-refractivity contribution in [1.82, 2.24) is 9.80 Å². The van der Waals surface area contributed by atoms with Crippen molar-refractivity contribution < 1.29 is 19.1 Å². The molecule has 3 amide bonds. The molecule has 0 spiro atoms. The van der Waals surface area contributed by atoms with E-state index in [4.69, 9.17) is 16.3 Å². The molecule has 0 N–H and O–H groups in total. The van der Waals surface area contributed by atoms with E-state index in [1.807, 2.05) is 6.92 Å². The zero-order valence-corrected chi connectivity index (χ0v) is 17.1. The molecule has 2 aromatic rings. The molecule has 0 bridgehead atoms. The van der Waals surface area contributed by atoms with Crippen molar-refractivity contribution in [3.63, 3.8) is 0 Å². The van der Waals surface area contributed by atoms with E-state index in [0.29, 0.717) is 28.6 Å². The molecule has 0 aliphatic carbocycles. The molecular formula is C21H22ClN3O4. The van der Waals surface area contributed by atoms with Gasteiger partial charge in [0.15, 0.2) is 0 Å². The molecule has 0 saturated carbocycles. The van der Waals surface area contributed by atoms with E-state index in [9.17, 15) is 14.4 Å². The summed E-state index contributed by atoms with van der Waals surface area (Å²) < 4.78 is 5.10. The lowest BCUT2D eigenvalue weighted by Gasteiger charge is -2.24. The Hall–Kier alpha value is -3.06. The Morgan fingerprint density at radius 3 is 2.34 bits per heavy atom. The summed E-state index contributed by atoms with van der Waals surface area (Å²) in [6, 6.07) is 13.6. The van der Waals surface area contributed by atoms with Crippen LogP contribution in [0.25, 0.3) is 0 Å². The van der Waals surface area contributed by atoms with E-state index in [2.05, 4.69) is 0 Å². The Kier molecular flexibility index (Phi) is 6.39. The number of halogens is 1. The Morgan fingerprint density at radius 1 is 1.10 bits per heavy atom. The summed E-state index contributed by atoms with van der Waals surface area (Å²) in [5.74, 6) is -0.0501. The second-order valence-corrected chi connectivity index (χ2v) is 7.02. The smallest absolute Gasteiger partial charge is 0.254 e. The van der Waals surface area contributed by atoms with Crippen molar-refractivity contribution in [2.75, 3.05) is 38.3 Å². The summed E-state index contributed by atoms with van der Waals surface area (Å²) in [6.07, 6.45) is 0. The predicted molar refractivity (Wildman–Crippen MR) is 110 cm³/mol. The van der Waals surface area contributed by atoms with Gasteiger partial charge in [-0.2, -0.15) is 0 Å². The third-order valence-corrected chi connectivity index (χ3v) is 5.01. The summed E-state index contributed by atoms with van der Waals surface area (Å²) >= 11 is 5.89. The monoisotopic (exact) mass is 415 g/mol. The zero-order chi connectivity index (χ0) is 21.0. The topological polar surface area (TPSA) is 70.2 Å². The van der Waals surface area contributed by atoms with Crippen LogP contribution in [0.5, 0.6) is 5.75 Å². The second kappa shape index (κ2) is 8.96. The van der Waals surface area contributed by atoms with Crippen molar-refractivity contribution in [1.29, 1.82) is 0 Å². The van der Waals surface area contributed by atoms with Crippen LogP contribution in [0.3, 0.4) is 0 Å². The molecule has 8 heteroatoms. The van der Waals surface area contributed by atoms with Crippen LogP contribution in [0.1, 0.15) is 17.3 Å². The zero-order valence-electron chi connectivity index (χ0n) is 16.3. The Morgan fingerprint density at radius 2 is 1.76 bits per heavy atom. The van der Waals surface area contributed by atoms with Crippen LogP contribution in [0.4, 0.5) is 5.69 Å². The summed E-state index contributed by atoms with van der Waals surface area (Å²) in [5, 5.41) is 0.573. The highest BCUT2D eigenvalue weighted by atomic mass is 35.5. The van der Waals surface area contributed by atoms with E-state index >= 15 is 0 Å². The summed E-state index contributed by atoms with van der Waals surface area (Å²) in [4.78, 5) is 42.3. The lowest BCUT2D eigenvalue weighted by Crippen LogP contribution is -2.42. The van der Waals surface area contributed by atoms with Gasteiger partial charge in [-0.1, -0.05) is 11.6 Å². The molecule has 7 nitrogen and oxygen atoms in total. The Labute approximate surface area is 174 Å². The summed E-state index contributed by atoms with van der Waals surface area (Å²) in [6.45, 7) is 2.22. The maximum absolute atomic E-state index is 12.7. The molecule has 0 atom stereocenters. The summed E-state index contributed by atoms with van der Waals surface area (Å²) in [5.41, 5.74) is 1.15. The second-order valence-electron chi connectivity index (χ2n) is 6.58. The van der Waals surface area contributed by atoms with Crippen molar-refractivity contribution in [2.45, 2.75) is 6.92 Å². The minimum Gasteiger partial charge on any atom is -0.497 e. The number of nitrogens with zero attached hydrogens (tertiary/aromatic N) is 3. The maximum Gasteiger partial charge on any atom is 0.254 e. The van der Waals surface area contributed by atoms with Gasteiger partial charge in [-0.25, -0.2) is 0 Å². The van der Waals surface area contributed by atoms with Gasteiger partial charge in [0.25, 0.3) is 5.91 Å². The molecule has 29 heavy (non-hydrogen) atoms. The van der Waals surface area contributed by atoms with Crippen LogP contribution in [0, 0.1) is 0 Å². The van der Waals surface area contributed by atoms with Gasteiger partial charge in [0.2, 0.25) is 11.8 Å². The highest BCUT2D eigenvalue weighted by molar-refractivity contribution is 6.30. The average Bonchev–Trinajstić information content (AvgIpc) is 3.13. The van der Waals surface area contributed by atoms with E-state index in [1.165, 1.54) is 14.7 Å². The van der Waals surface area contributed by atoms with Gasteiger partial charge >= 0.3 is 0 Å². The normalized spacial score (nSPS) is 13.6. The van der Waals surface area contributed by atoms with E-state index in [1.54, 1.807) is 55.6 Å². The van der Waals surface area contributed by atoms with Gasteiger partial charge < -0.3 is 14.5 Å². The lowest BCUT2D eigenvalue weighted by molar-refractivity contribution is -0.132. The molecule has 0 aromatic heterocycles. The third kappa shape index (κ3) is 4.68. The Bertz CT molecular complexity index is 899. The number of rotatable bonds is 6. The van der Waals surface area contributed by atoms with Crippen LogP contribution in [0.2, 0.25) is 5.02 Å². The highest BCUT2D eigenvalue weighted by Gasteiger charge is 2.32. The average molecular weight is 416 g/mol. The molecule has 1 aliphatic rings. The number of hydrogen-bond donors (Lipinski definition) is 0. The van der Waals surface area contributed by atoms with Crippen LogP contribution in [-0.4, -0.2) is 60.9 Å². The number of anilines is 1. The molecule has 152 valence electrons. The number of likely N-dealkylation sites (N-methyl/N-ethyl adjacent to an activating group) is 1. The number of carbonyl (C=O) groups excluding carboxylic acids is 3. The number of ether oxygens (including phenoxy) is 1. The van der Waals surface area contributed by atoms with E-state index < -0.39 is 0 Å². The lowest BCUT2D eigenvalue weighted by atomic mass is 10.2. The van der Waals surface area contributed by atoms with Gasteiger partial charge in [0.1, 0.15) is 25.5 Å². The van der Waals surface area contributed by atoms with Crippen LogP contribution in [-0.2, 0) is 9.59 Å². The fourth-order valence-corrected chi connectivity index (χ4v) is 3.19. The number of amides is 3. The molecule has 1 fully saturated rings. The quantitative estimate of drug-likeness (QED) is 0.727. The van der Waals surface area contributed by atoms with Crippen LogP contribution < -0.4 is 9.64 Å². The summed E-state index contributed by atoms with van der Waals surface area (Å²) in [7, 11) is 1.55. The molecule has 0 unspecified atom stereocenters. The molecule has 3 rings (SSSR count). The maximum atomic E-state index is 12.7. The minimum atomic E-state index is -0.279. The third-order valence-electron chi connectivity index (χ3n) is 4.76. The standard InChI is InChI=1S/C21H22ClN3O4/c1-3-23(21(28)15-4-10-18(29-2)11-5-15)12-19(26)24-13-20(27)25(14-24)17-8-6-16(22)7-9-17/h4-11H,3,12-14H2,1-2H3. The van der Waals surface area contributed by atoms with Gasteiger partial charge in [0.05, 0.1) is 7.11 Å². The van der Waals surface area contributed by atoms with Crippen LogP contribution in [0.15, 0.2) is 48.5 Å². The number of benzene rings is 2. The largest absolute Gasteiger partial charge is 0.497 e. The van der Waals surface area contributed by atoms with Gasteiger partial charge in [-0.05, 0) is 55.5 Å². The first-order chi connectivity index (χ1) is 13.9. The van der Waals surface area contributed by atoms with Crippen LogP contribution >= 0.6 is 11.6 Å². The van der Waals surface area contributed by atoms with E-state index in [0.717, 1.165) is 0 Å². The predicted octanol–water partition coefficient (Wildman–Crippen LogP) is 2.64. The van der Waals surface area contributed by atoms with Crippen molar-refractivity contribution in [3.05, 3.63) is 59.1 Å². The first-order valence-electron chi connectivity index (χ1n) is 9.20. The highest BCUT2D eigenvalue weighted by Crippen LogP contribution is 2.22. The molecule has 0 radical (unpaired) electrons. The van der Waals surface area contributed by atoms with Crippen molar-refractivity contribution in [2.24, 2.45) is 0 Å². The SMILES string of the molecule is CCN(CC(=O)N1CC(=O)N(c2ccc(Cl)cc2)C1)C(=O)c1ccc(OC)cc1. The molecule has 1 heterocycles. The van der Waals surface area contributed by atoms with Gasteiger partial charge in [-0.15, -0.1) is 0 Å². The molecule has 1 aliphatic heterocycles. The number of carbonyl (C=O) groups is 3. The van der Waals surface area contributed by atoms with Gasteiger partial charge in [-0.3, -0.25) is 19.3 Å². The Balaban J connectivity index is 1.65. The number of methoxy groups -OCH3 is 1. The molecule has 2 aromatic carbocycles. The van der Waals surface area contributed by atoms with E-state index in [-0.39, 0.29) is 37.5 Å². The van der Waals surface area contributed by atoms with Gasteiger partial charge in [0, 0.05) is 22.8 Å².